The first-order valence-corrected chi connectivity index (χ1v) is 13.2. The molecule has 1 aliphatic rings. The van der Waals surface area contributed by atoms with Gasteiger partial charge in [-0.25, -0.2) is 4.39 Å². The van der Waals surface area contributed by atoms with E-state index in [1.165, 1.54) is 17.8 Å². The Morgan fingerprint density at radius 2 is 1.97 bits per heavy atom. The molecule has 0 radical (unpaired) electrons. The summed E-state index contributed by atoms with van der Waals surface area (Å²) in [5.41, 5.74) is 1.26. The standard InChI is InChI=1S/C26H32ClFN2O3S/c1-3-24(26(32)29-19-9-4-5-10-19)30(15-18-8-6-11-20(14-18)33-2)25(31)17-34-16-21-22(27)12-7-13-23(21)28/h6-8,11-14,19,24H,3-5,9-10,15-17H2,1-2H3,(H,29,32). The molecule has 0 aliphatic heterocycles. The molecule has 0 heterocycles. The van der Waals surface area contributed by atoms with Crippen LogP contribution in [-0.4, -0.2) is 41.7 Å². The van der Waals surface area contributed by atoms with Crippen molar-refractivity contribution in [1.82, 2.24) is 10.2 Å². The van der Waals surface area contributed by atoms with E-state index in [-0.39, 0.29) is 41.7 Å². The number of hydrogen-bond donors (Lipinski definition) is 1. The molecular weight excluding hydrogens is 475 g/mol. The molecule has 0 saturated heterocycles. The zero-order chi connectivity index (χ0) is 24.5. The second kappa shape index (κ2) is 13.0. The molecule has 2 amide bonds. The van der Waals surface area contributed by atoms with Crippen LogP contribution in [0.1, 0.15) is 50.2 Å². The summed E-state index contributed by atoms with van der Waals surface area (Å²) < 4.78 is 19.4. The van der Waals surface area contributed by atoms with Gasteiger partial charge in [0.1, 0.15) is 17.6 Å². The summed E-state index contributed by atoms with van der Waals surface area (Å²) in [5.74, 6) is 0.401. The quantitative estimate of drug-likeness (QED) is 0.432. The Bertz CT molecular complexity index is 964. The molecule has 2 aromatic rings. The van der Waals surface area contributed by atoms with Crippen LogP contribution >= 0.6 is 23.4 Å². The number of rotatable bonds is 11. The Morgan fingerprint density at radius 3 is 2.65 bits per heavy atom. The summed E-state index contributed by atoms with van der Waals surface area (Å²) in [6, 6.07) is 11.6. The SMILES string of the molecule is CCC(C(=O)NC1CCCC1)N(Cc1cccc(OC)c1)C(=O)CSCc1c(F)cccc1Cl. The fourth-order valence-electron chi connectivity index (χ4n) is 4.25. The number of carbonyl (C=O) groups is 2. The summed E-state index contributed by atoms with van der Waals surface area (Å²) in [7, 11) is 1.59. The van der Waals surface area contributed by atoms with Gasteiger partial charge in [0.15, 0.2) is 0 Å². The smallest absolute Gasteiger partial charge is 0.243 e. The molecule has 1 fully saturated rings. The summed E-state index contributed by atoms with van der Waals surface area (Å²) in [4.78, 5) is 28.2. The Hall–Kier alpha value is -2.25. The molecule has 0 aromatic heterocycles. The number of thioether (sulfide) groups is 1. The van der Waals surface area contributed by atoms with Gasteiger partial charge in [0.25, 0.3) is 0 Å². The molecule has 184 valence electrons. The zero-order valence-corrected chi connectivity index (χ0v) is 21.3. The van der Waals surface area contributed by atoms with Crippen molar-refractivity contribution < 1.29 is 18.7 Å². The third-order valence-electron chi connectivity index (χ3n) is 6.11. The van der Waals surface area contributed by atoms with E-state index in [4.69, 9.17) is 16.3 Å². The average molecular weight is 507 g/mol. The largest absolute Gasteiger partial charge is 0.497 e. The Kier molecular flexibility index (Phi) is 10.1. The normalized spacial score (nSPS) is 14.6. The minimum Gasteiger partial charge on any atom is -0.497 e. The van der Waals surface area contributed by atoms with Gasteiger partial charge in [0.2, 0.25) is 11.8 Å². The average Bonchev–Trinajstić information content (AvgIpc) is 3.34. The van der Waals surface area contributed by atoms with E-state index in [1.807, 2.05) is 31.2 Å². The first-order chi connectivity index (χ1) is 16.4. The number of halogens is 2. The lowest BCUT2D eigenvalue weighted by atomic mass is 10.1. The molecule has 34 heavy (non-hydrogen) atoms. The third kappa shape index (κ3) is 7.12. The highest BCUT2D eigenvalue weighted by atomic mass is 35.5. The molecule has 2 aromatic carbocycles. The maximum absolute atomic E-state index is 14.1. The minimum atomic E-state index is -0.586. The van der Waals surface area contributed by atoms with Crippen molar-refractivity contribution in [3.05, 3.63) is 64.4 Å². The zero-order valence-electron chi connectivity index (χ0n) is 19.7. The molecule has 3 rings (SSSR count). The number of methoxy groups -OCH3 is 1. The van der Waals surface area contributed by atoms with Crippen molar-refractivity contribution in [1.29, 1.82) is 0 Å². The monoisotopic (exact) mass is 506 g/mol. The maximum atomic E-state index is 14.1. The molecule has 0 bridgehead atoms. The van der Waals surface area contributed by atoms with Gasteiger partial charge in [-0.2, -0.15) is 0 Å². The number of amides is 2. The van der Waals surface area contributed by atoms with Crippen LogP contribution in [0.15, 0.2) is 42.5 Å². The van der Waals surface area contributed by atoms with Gasteiger partial charge in [0, 0.05) is 28.9 Å². The lowest BCUT2D eigenvalue weighted by molar-refractivity contribution is -0.139. The van der Waals surface area contributed by atoms with Crippen LogP contribution in [-0.2, 0) is 21.9 Å². The van der Waals surface area contributed by atoms with E-state index in [2.05, 4.69) is 5.32 Å². The van der Waals surface area contributed by atoms with Gasteiger partial charge < -0.3 is 15.0 Å². The summed E-state index contributed by atoms with van der Waals surface area (Å²) in [6.07, 6.45) is 4.68. The number of hydrogen-bond acceptors (Lipinski definition) is 4. The first-order valence-electron chi connectivity index (χ1n) is 11.7. The number of nitrogens with one attached hydrogen (secondary N) is 1. The fraction of sp³-hybridized carbons (Fsp3) is 0.462. The molecule has 1 N–H and O–H groups in total. The molecule has 1 saturated carbocycles. The highest BCUT2D eigenvalue weighted by Crippen LogP contribution is 2.25. The van der Waals surface area contributed by atoms with E-state index in [9.17, 15) is 14.0 Å². The van der Waals surface area contributed by atoms with Crippen LogP contribution < -0.4 is 10.1 Å². The Labute approximate surface area is 210 Å². The van der Waals surface area contributed by atoms with Crippen molar-refractivity contribution in [2.75, 3.05) is 12.9 Å². The number of carbonyl (C=O) groups excluding carboxylic acids is 2. The lowest BCUT2D eigenvalue weighted by Crippen LogP contribution is -2.51. The van der Waals surface area contributed by atoms with Crippen LogP contribution in [0.5, 0.6) is 5.75 Å². The van der Waals surface area contributed by atoms with Gasteiger partial charge >= 0.3 is 0 Å². The van der Waals surface area contributed by atoms with E-state index in [0.717, 1.165) is 31.2 Å². The van der Waals surface area contributed by atoms with Crippen molar-refractivity contribution in [2.45, 2.75) is 63.4 Å². The number of ether oxygens (including phenoxy) is 1. The molecule has 8 heteroatoms. The van der Waals surface area contributed by atoms with E-state index >= 15 is 0 Å². The van der Waals surface area contributed by atoms with Crippen LogP contribution in [0.3, 0.4) is 0 Å². The highest BCUT2D eigenvalue weighted by Gasteiger charge is 2.30. The molecular formula is C26H32ClFN2O3S. The second-order valence-corrected chi connectivity index (χ2v) is 9.87. The molecule has 0 spiro atoms. The topological polar surface area (TPSA) is 58.6 Å². The predicted molar refractivity (Wildman–Crippen MR) is 136 cm³/mol. The van der Waals surface area contributed by atoms with Crippen LogP contribution in [0.2, 0.25) is 5.02 Å². The van der Waals surface area contributed by atoms with Gasteiger partial charge in [0.05, 0.1) is 12.9 Å². The predicted octanol–water partition coefficient (Wildman–Crippen LogP) is 5.59. The number of nitrogens with zero attached hydrogens (tertiary/aromatic N) is 1. The second-order valence-electron chi connectivity index (χ2n) is 8.48. The minimum absolute atomic E-state index is 0.113. The van der Waals surface area contributed by atoms with Gasteiger partial charge in [-0.3, -0.25) is 9.59 Å². The van der Waals surface area contributed by atoms with Crippen LogP contribution in [0, 0.1) is 5.82 Å². The van der Waals surface area contributed by atoms with E-state index < -0.39 is 6.04 Å². The summed E-state index contributed by atoms with van der Waals surface area (Å²) in [5, 5.41) is 3.48. The molecule has 1 atom stereocenters. The molecule has 5 nitrogen and oxygen atoms in total. The van der Waals surface area contributed by atoms with Gasteiger partial charge in [-0.05, 0) is 49.1 Å². The van der Waals surface area contributed by atoms with Crippen molar-refractivity contribution in [3.8, 4) is 5.75 Å². The highest BCUT2D eigenvalue weighted by molar-refractivity contribution is 7.99. The third-order valence-corrected chi connectivity index (χ3v) is 7.41. The van der Waals surface area contributed by atoms with E-state index in [1.54, 1.807) is 24.1 Å². The van der Waals surface area contributed by atoms with E-state index in [0.29, 0.717) is 22.8 Å². The lowest BCUT2D eigenvalue weighted by Gasteiger charge is -2.31. The van der Waals surface area contributed by atoms with Crippen LogP contribution in [0.25, 0.3) is 0 Å². The maximum Gasteiger partial charge on any atom is 0.243 e. The van der Waals surface area contributed by atoms with Crippen molar-refractivity contribution in [2.24, 2.45) is 0 Å². The Morgan fingerprint density at radius 1 is 1.24 bits per heavy atom. The van der Waals surface area contributed by atoms with Gasteiger partial charge in [-0.1, -0.05) is 49.6 Å². The summed E-state index contributed by atoms with van der Waals surface area (Å²) >= 11 is 7.42. The summed E-state index contributed by atoms with van der Waals surface area (Å²) in [6.45, 7) is 2.20. The molecule has 1 unspecified atom stereocenters. The number of benzene rings is 2. The fourth-order valence-corrected chi connectivity index (χ4v) is 5.50. The first kappa shape index (κ1) is 26.4. The van der Waals surface area contributed by atoms with Crippen molar-refractivity contribution in [3.63, 3.8) is 0 Å². The van der Waals surface area contributed by atoms with Gasteiger partial charge in [-0.15, -0.1) is 11.8 Å². The Balaban J connectivity index is 1.74. The van der Waals surface area contributed by atoms with Crippen molar-refractivity contribution >= 4 is 35.2 Å². The molecule has 1 aliphatic carbocycles. The van der Waals surface area contributed by atoms with Crippen LogP contribution in [0.4, 0.5) is 4.39 Å².